The van der Waals surface area contributed by atoms with E-state index in [-0.39, 0.29) is 6.10 Å². The van der Waals surface area contributed by atoms with Gasteiger partial charge in [0, 0.05) is 7.11 Å². The van der Waals surface area contributed by atoms with Crippen LogP contribution in [0.2, 0.25) is 0 Å². The van der Waals surface area contributed by atoms with Gasteiger partial charge in [0.25, 0.3) is 0 Å². The van der Waals surface area contributed by atoms with Crippen molar-refractivity contribution in [2.75, 3.05) is 20.3 Å². The maximum absolute atomic E-state index is 5.66. The first-order chi connectivity index (χ1) is 7.27. The predicted octanol–water partition coefficient (Wildman–Crippen LogP) is 1.60. The second kappa shape index (κ2) is 6.43. The van der Waals surface area contributed by atoms with Crippen LogP contribution in [0.4, 0.5) is 0 Å². The average Bonchev–Trinajstić information content (AvgIpc) is 2.28. The van der Waals surface area contributed by atoms with Crippen LogP contribution in [0, 0.1) is 0 Å². The molecule has 0 heterocycles. The zero-order chi connectivity index (χ0) is 11.1. The molecule has 0 aliphatic heterocycles. The monoisotopic (exact) mass is 209 g/mol. The van der Waals surface area contributed by atoms with Gasteiger partial charge < -0.3 is 15.2 Å². The summed E-state index contributed by atoms with van der Waals surface area (Å²) in [5.41, 5.74) is 6.69. The van der Waals surface area contributed by atoms with Gasteiger partial charge in [-0.25, -0.2) is 0 Å². The van der Waals surface area contributed by atoms with Gasteiger partial charge in [-0.15, -0.1) is 0 Å². The minimum atomic E-state index is 0.107. The highest BCUT2D eigenvalue weighted by Gasteiger charge is 2.04. The van der Waals surface area contributed by atoms with Crippen molar-refractivity contribution >= 4 is 0 Å². The highest BCUT2D eigenvalue weighted by atomic mass is 16.5. The predicted molar refractivity (Wildman–Crippen MR) is 61.2 cm³/mol. The molecule has 0 saturated heterocycles. The number of hydrogen-bond donors (Lipinski definition) is 1. The summed E-state index contributed by atoms with van der Waals surface area (Å²) in [6.07, 6.45) is 0.952. The summed E-state index contributed by atoms with van der Waals surface area (Å²) in [6, 6.07) is 7.97. The molecule has 0 spiro atoms. The topological polar surface area (TPSA) is 44.5 Å². The molecule has 0 aliphatic rings. The number of hydrogen-bond acceptors (Lipinski definition) is 3. The second-order valence-electron chi connectivity index (χ2n) is 3.50. The molecular formula is C12H19NO2. The van der Waals surface area contributed by atoms with Crippen LogP contribution in [0.25, 0.3) is 0 Å². The van der Waals surface area contributed by atoms with Crippen LogP contribution < -0.4 is 10.5 Å². The lowest BCUT2D eigenvalue weighted by Gasteiger charge is -2.14. The molecule has 0 aromatic heterocycles. The Morgan fingerprint density at radius 3 is 2.73 bits per heavy atom. The fourth-order valence-electron chi connectivity index (χ4n) is 1.28. The minimum Gasteiger partial charge on any atom is -0.491 e. The van der Waals surface area contributed by atoms with Crippen LogP contribution in [0.15, 0.2) is 24.3 Å². The molecule has 0 saturated carbocycles. The number of para-hydroxylation sites is 1. The molecule has 0 bridgehead atoms. The van der Waals surface area contributed by atoms with E-state index >= 15 is 0 Å². The van der Waals surface area contributed by atoms with E-state index in [1.165, 1.54) is 0 Å². The molecule has 84 valence electrons. The molecule has 0 radical (unpaired) electrons. The van der Waals surface area contributed by atoms with Crippen LogP contribution in [0.1, 0.15) is 12.5 Å². The Morgan fingerprint density at radius 2 is 2.07 bits per heavy atom. The lowest BCUT2D eigenvalue weighted by molar-refractivity contribution is 0.0713. The molecule has 0 amide bonds. The zero-order valence-electron chi connectivity index (χ0n) is 9.40. The van der Waals surface area contributed by atoms with Crippen molar-refractivity contribution in [3.05, 3.63) is 29.8 Å². The van der Waals surface area contributed by atoms with Crippen molar-refractivity contribution in [2.24, 2.45) is 5.73 Å². The number of ether oxygens (including phenoxy) is 2. The standard InChI is InChI=1S/C12H19NO2/c1-10(14-2)9-15-12-6-4-3-5-11(12)7-8-13/h3-6,10H,7-9,13H2,1-2H3. The minimum absolute atomic E-state index is 0.107. The Labute approximate surface area is 91.2 Å². The van der Waals surface area contributed by atoms with Crippen molar-refractivity contribution in [1.29, 1.82) is 0 Å². The van der Waals surface area contributed by atoms with Gasteiger partial charge in [0.2, 0.25) is 0 Å². The number of methoxy groups -OCH3 is 1. The van der Waals surface area contributed by atoms with Gasteiger partial charge in [0.15, 0.2) is 0 Å². The molecule has 1 aromatic carbocycles. The highest BCUT2D eigenvalue weighted by Crippen LogP contribution is 2.18. The molecular weight excluding hydrogens is 190 g/mol. The Balaban J connectivity index is 2.58. The summed E-state index contributed by atoms with van der Waals surface area (Å²) in [6.45, 7) is 3.18. The maximum atomic E-state index is 5.66. The summed E-state index contributed by atoms with van der Waals surface area (Å²) >= 11 is 0. The lowest BCUT2D eigenvalue weighted by atomic mass is 10.1. The molecule has 15 heavy (non-hydrogen) atoms. The van der Waals surface area contributed by atoms with E-state index in [4.69, 9.17) is 15.2 Å². The summed E-state index contributed by atoms with van der Waals surface area (Å²) < 4.78 is 10.8. The number of nitrogens with two attached hydrogens (primary N) is 1. The lowest BCUT2D eigenvalue weighted by Crippen LogP contribution is -2.16. The normalized spacial score (nSPS) is 12.5. The molecule has 1 unspecified atom stereocenters. The van der Waals surface area contributed by atoms with Gasteiger partial charge in [0.1, 0.15) is 12.4 Å². The van der Waals surface area contributed by atoms with Crippen LogP contribution in [0.5, 0.6) is 5.75 Å². The first-order valence-electron chi connectivity index (χ1n) is 5.21. The van der Waals surface area contributed by atoms with Gasteiger partial charge in [-0.05, 0) is 31.5 Å². The Kier molecular flexibility index (Phi) is 5.15. The van der Waals surface area contributed by atoms with Crippen molar-refractivity contribution in [1.82, 2.24) is 0 Å². The summed E-state index contributed by atoms with van der Waals surface area (Å²) in [5, 5.41) is 0. The highest BCUT2D eigenvalue weighted by molar-refractivity contribution is 5.33. The average molecular weight is 209 g/mol. The third kappa shape index (κ3) is 3.90. The van der Waals surface area contributed by atoms with Gasteiger partial charge in [-0.3, -0.25) is 0 Å². The first-order valence-corrected chi connectivity index (χ1v) is 5.21. The fourth-order valence-corrected chi connectivity index (χ4v) is 1.28. The summed E-state index contributed by atoms with van der Waals surface area (Å²) in [5.74, 6) is 0.909. The van der Waals surface area contributed by atoms with Gasteiger partial charge >= 0.3 is 0 Å². The van der Waals surface area contributed by atoms with Gasteiger partial charge in [0.05, 0.1) is 6.10 Å². The third-order valence-electron chi connectivity index (χ3n) is 2.26. The third-order valence-corrected chi connectivity index (χ3v) is 2.26. The van der Waals surface area contributed by atoms with E-state index in [0.29, 0.717) is 13.2 Å². The molecule has 0 aliphatic carbocycles. The van der Waals surface area contributed by atoms with Crippen LogP contribution in [-0.4, -0.2) is 26.4 Å². The van der Waals surface area contributed by atoms with Gasteiger partial charge in [-0.1, -0.05) is 18.2 Å². The molecule has 2 N–H and O–H groups in total. The van der Waals surface area contributed by atoms with E-state index in [1.54, 1.807) is 7.11 Å². The van der Waals surface area contributed by atoms with E-state index in [1.807, 2.05) is 31.2 Å². The second-order valence-corrected chi connectivity index (χ2v) is 3.50. The van der Waals surface area contributed by atoms with Crippen molar-refractivity contribution in [2.45, 2.75) is 19.4 Å². The molecule has 1 aromatic rings. The SMILES string of the molecule is COC(C)COc1ccccc1CCN. The van der Waals surface area contributed by atoms with Crippen molar-refractivity contribution in [3.63, 3.8) is 0 Å². The largest absolute Gasteiger partial charge is 0.491 e. The first kappa shape index (κ1) is 12.0. The quantitative estimate of drug-likeness (QED) is 0.774. The Morgan fingerprint density at radius 1 is 1.33 bits per heavy atom. The van der Waals surface area contributed by atoms with Crippen LogP contribution in [0.3, 0.4) is 0 Å². The smallest absolute Gasteiger partial charge is 0.122 e. The number of rotatable bonds is 6. The Hall–Kier alpha value is -1.06. The summed E-state index contributed by atoms with van der Waals surface area (Å²) in [7, 11) is 1.68. The molecule has 0 fully saturated rings. The Bertz CT molecular complexity index is 289. The van der Waals surface area contributed by atoms with E-state index in [2.05, 4.69) is 0 Å². The zero-order valence-corrected chi connectivity index (χ0v) is 9.40. The van der Waals surface area contributed by atoms with Crippen molar-refractivity contribution in [3.8, 4) is 5.75 Å². The van der Waals surface area contributed by atoms with Crippen molar-refractivity contribution < 1.29 is 9.47 Å². The van der Waals surface area contributed by atoms with E-state index < -0.39 is 0 Å². The van der Waals surface area contributed by atoms with Gasteiger partial charge in [-0.2, -0.15) is 0 Å². The molecule has 3 nitrogen and oxygen atoms in total. The van der Waals surface area contributed by atoms with Crippen LogP contribution >= 0.6 is 0 Å². The fraction of sp³-hybridized carbons (Fsp3) is 0.500. The summed E-state index contributed by atoms with van der Waals surface area (Å²) in [4.78, 5) is 0. The maximum Gasteiger partial charge on any atom is 0.122 e. The van der Waals surface area contributed by atoms with E-state index in [0.717, 1.165) is 17.7 Å². The van der Waals surface area contributed by atoms with Crippen LogP contribution in [-0.2, 0) is 11.2 Å². The molecule has 1 rings (SSSR count). The molecule has 3 heteroatoms. The molecule has 1 atom stereocenters. The van der Waals surface area contributed by atoms with E-state index in [9.17, 15) is 0 Å². The number of benzene rings is 1.